The maximum atomic E-state index is 12.5. The summed E-state index contributed by atoms with van der Waals surface area (Å²) in [6.07, 6.45) is 3.27. The Hall–Kier alpha value is -1.89. The van der Waals surface area contributed by atoms with E-state index in [1.807, 2.05) is 25.1 Å². The number of esters is 1. The van der Waals surface area contributed by atoms with Crippen LogP contribution in [0.15, 0.2) is 22.7 Å². The van der Waals surface area contributed by atoms with Gasteiger partial charge in [-0.15, -0.1) is 0 Å². The van der Waals surface area contributed by atoms with E-state index >= 15 is 0 Å². The molecule has 1 saturated carbocycles. The van der Waals surface area contributed by atoms with Gasteiger partial charge in [0, 0.05) is 4.47 Å². The van der Waals surface area contributed by atoms with Crippen LogP contribution in [0.25, 0.3) is 0 Å². The van der Waals surface area contributed by atoms with E-state index in [9.17, 15) is 14.4 Å². The third-order valence-electron chi connectivity index (χ3n) is 4.59. The minimum absolute atomic E-state index is 0.0732. The van der Waals surface area contributed by atoms with Crippen molar-refractivity contribution in [2.24, 2.45) is 5.41 Å². The largest absolute Gasteiger partial charge is 0.468 e. The Kier molecular flexibility index (Phi) is 6.58. The molecule has 0 atom stereocenters. The number of carbonyl (C=O) groups excluding carboxylic acids is 3. The van der Waals surface area contributed by atoms with Crippen LogP contribution >= 0.6 is 15.9 Å². The number of hydrogen-bond donors (Lipinski definition) is 1. The first kappa shape index (κ1) is 19.4. The molecule has 7 heteroatoms. The van der Waals surface area contributed by atoms with E-state index in [1.165, 1.54) is 7.11 Å². The third-order valence-corrected chi connectivity index (χ3v) is 5.09. The van der Waals surface area contributed by atoms with E-state index in [0.717, 1.165) is 34.9 Å². The van der Waals surface area contributed by atoms with Crippen LogP contribution in [-0.4, -0.2) is 25.0 Å². The highest BCUT2D eigenvalue weighted by atomic mass is 79.9. The van der Waals surface area contributed by atoms with E-state index in [2.05, 4.69) is 21.4 Å². The van der Waals surface area contributed by atoms with Gasteiger partial charge in [0.15, 0.2) is 5.41 Å². The highest BCUT2D eigenvalue weighted by Crippen LogP contribution is 2.38. The number of halogens is 1. The number of ether oxygens (including phenoxy) is 1. The lowest BCUT2D eigenvalue weighted by Crippen LogP contribution is -2.45. The number of rotatable bonds is 4. The number of carbonyl (C=O) groups is 3. The lowest BCUT2D eigenvalue weighted by molar-refractivity contribution is -0.180. The molecule has 0 spiro atoms. The number of nitrogens with one attached hydrogen (secondary N) is 1. The van der Waals surface area contributed by atoms with Gasteiger partial charge in [0.1, 0.15) is 0 Å². The Balaban J connectivity index is 1.98. The SMILES string of the molecule is COC(=O)C1(C(=O)ONC(=O)Cc2cc(Br)ccc2C)CCCCC1. The summed E-state index contributed by atoms with van der Waals surface area (Å²) in [7, 11) is 1.25. The van der Waals surface area contributed by atoms with E-state index in [1.54, 1.807) is 0 Å². The van der Waals surface area contributed by atoms with Gasteiger partial charge in [0.05, 0.1) is 13.5 Å². The number of hydroxylamine groups is 1. The number of methoxy groups -OCH3 is 1. The Morgan fingerprint density at radius 3 is 2.48 bits per heavy atom. The molecule has 0 saturated heterocycles. The molecule has 25 heavy (non-hydrogen) atoms. The van der Waals surface area contributed by atoms with Gasteiger partial charge in [-0.05, 0) is 43.0 Å². The number of amides is 1. The molecule has 1 aliphatic carbocycles. The average Bonchev–Trinajstić information content (AvgIpc) is 2.62. The topological polar surface area (TPSA) is 81.7 Å². The average molecular weight is 412 g/mol. The van der Waals surface area contributed by atoms with Gasteiger partial charge in [0.2, 0.25) is 0 Å². The van der Waals surface area contributed by atoms with Crippen molar-refractivity contribution in [2.45, 2.75) is 45.4 Å². The van der Waals surface area contributed by atoms with Crippen LogP contribution in [0.5, 0.6) is 0 Å². The highest BCUT2D eigenvalue weighted by molar-refractivity contribution is 9.10. The van der Waals surface area contributed by atoms with Gasteiger partial charge < -0.3 is 9.57 Å². The van der Waals surface area contributed by atoms with Crippen molar-refractivity contribution < 1.29 is 24.0 Å². The molecular weight excluding hydrogens is 390 g/mol. The predicted octanol–water partition coefficient (Wildman–Crippen LogP) is 3.00. The molecule has 6 nitrogen and oxygen atoms in total. The van der Waals surface area contributed by atoms with Crippen LogP contribution in [0.2, 0.25) is 0 Å². The molecule has 0 radical (unpaired) electrons. The van der Waals surface area contributed by atoms with Gasteiger partial charge in [-0.3, -0.25) is 9.59 Å². The predicted molar refractivity (Wildman–Crippen MR) is 94.4 cm³/mol. The molecule has 0 bridgehead atoms. The van der Waals surface area contributed by atoms with Crippen LogP contribution in [0.4, 0.5) is 0 Å². The molecule has 0 aliphatic heterocycles. The van der Waals surface area contributed by atoms with Gasteiger partial charge >= 0.3 is 11.9 Å². The normalized spacial score (nSPS) is 16.0. The second-order valence-electron chi connectivity index (χ2n) is 6.30. The van der Waals surface area contributed by atoms with Crippen molar-refractivity contribution in [1.82, 2.24) is 5.48 Å². The maximum absolute atomic E-state index is 12.5. The van der Waals surface area contributed by atoms with Gasteiger partial charge in [-0.2, -0.15) is 5.48 Å². The van der Waals surface area contributed by atoms with Gasteiger partial charge in [-0.1, -0.05) is 41.3 Å². The number of aryl methyl sites for hydroxylation is 1. The summed E-state index contributed by atoms with van der Waals surface area (Å²) in [4.78, 5) is 41.6. The summed E-state index contributed by atoms with van der Waals surface area (Å²) >= 11 is 3.36. The van der Waals surface area contributed by atoms with Crippen molar-refractivity contribution >= 4 is 33.8 Å². The van der Waals surface area contributed by atoms with Crippen molar-refractivity contribution in [1.29, 1.82) is 0 Å². The van der Waals surface area contributed by atoms with E-state index < -0.39 is 23.3 Å². The maximum Gasteiger partial charge on any atom is 0.349 e. The summed E-state index contributed by atoms with van der Waals surface area (Å²) in [5.74, 6) is -1.81. The molecule has 1 aromatic rings. The van der Waals surface area contributed by atoms with Crippen molar-refractivity contribution in [3.05, 3.63) is 33.8 Å². The van der Waals surface area contributed by atoms with Crippen molar-refractivity contribution in [3.8, 4) is 0 Å². The van der Waals surface area contributed by atoms with Gasteiger partial charge in [0.25, 0.3) is 5.91 Å². The van der Waals surface area contributed by atoms with E-state index in [0.29, 0.717) is 12.8 Å². The standard InChI is InChI=1S/C18H22BrNO5/c1-12-6-7-14(19)10-13(12)11-15(21)20-25-17(23)18(16(22)24-2)8-4-3-5-9-18/h6-7,10H,3-5,8-9,11H2,1-2H3,(H,20,21). The molecule has 1 aliphatic rings. The number of benzene rings is 1. The lowest BCUT2D eigenvalue weighted by atomic mass is 9.74. The van der Waals surface area contributed by atoms with Crippen molar-refractivity contribution in [2.75, 3.05) is 7.11 Å². The fourth-order valence-corrected chi connectivity index (χ4v) is 3.49. The molecule has 0 aromatic heterocycles. The summed E-state index contributed by atoms with van der Waals surface area (Å²) in [6.45, 7) is 1.90. The Labute approximate surface area is 155 Å². The molecule has 2 rings (SSSR count). The molecule has 1 amide bonds. The fourth-order valence-electron chi connectivity index (χ4n) is 3.08. The zero-order valence-electron chi connectivity index (χ0n) is 14.4. The minimum atomic E-state index is -1.31. The van der Waals surface area contributed by atoms with Crippen LogP contribution in [0.3, 0.4) is 0 Å². The summed E-state index contributed by atoms with van der Waals surface area (Å²) in [6, 6.07) is 5.63. The Morgan fingerprint density at radius 1 is 1.16 bits per heavy atom. The molecule has 1 aromatic carbocycles. The van der Waals surface area contributed by atoms with E-state index in [-0.39, 0.29) is 6.42 Å². The minimum Gasteiger partial charge on any atom is -0.468 e. The smallest absolute Gasteiger partial charge is 0.349 e. The van der Waals surface area contributed by atoms with Crippen LogP contribution in [-0.2, 0) is 30.4 Å². The summed E-state index contributed by atoms with van der Waals surface area (Å²) in [5, 5.41) is 0. The first-order valence-electron chi connectivity index (χ1n) is 8.22. The van der Waals surface area contributed by atoms with Crippen molar-refractivity contribution in [3.63, 3.8) is 0 Å². The fraction of sp³-hybridized carbons (Fsp3) is 0.500. The molecule has 1 N–H and O–H groups in total. The third kappa shape index (κ3) is 4.60. The van der Waals surface area contributed by atoms with Crippen LogP contribution in [0, 0.1) is 12.3 Å². The zero-order valence-corrected chi connectivity index (χ0v) is 16.0. The van der Waals surface area contributed by atoms with Crippen LogP contribution < -0.4 is 5.48 Å². The zero-order chi connectivity index (χ0) is 18.4. The van der Waals surface area contributed by atoms with E-state index in [4.69, 9.17) is 9.57 Å². The molecule has 0 heterocycles. The monoisotopic (exact) mass is 411 g/mol. The summed E-state index contributed by atoms with van der Waals surface area (Å²) in [5.41, 5.74) is 2.64. The molecule has 0 unspecified atom stereocenters. The van der Waals surface area contributed by atoms with Gasteiger partial charge in [-0.25, -0.2) is 4.79 Å². The summed E-state index contributed by atoms with van der Waals surface area (Å²) < 4.78 is 5.65. The highest BCUT2D eigenvalue weighted by Gasteiger charge is 2.49. The quantitative estimate of drug-likeness (QED) is 0.467. The first-order valence-corrected chi connectivity index (χ1v) is 9.02. The second kappa shape index (κ2) is 8.47. The van der Waals surface area contributed by atoms with Crippen LogP contribution in [0.1, 0.15) is 43.2 Å². The molecular formula is C18H22BrNO5. The Bertz CT molecular complexity index is 667. The number of hydrogen-bond acceptors (Lipinski definition) is 5. The second-order valence-corrected chi connectivity index (χ2v) is 7.21. The molecule has 1 fully saturated rings. The first-order chi connectivity index (χ1) is 11.9. The molecule has 136 valence electrons. The lowest BCUT2D eigenvalue weighted by Gasteiger charge is -2.31. The Morgan fingerprint density at radius 2 is 1.84 bits per heavy atom.